The Labute approximate surface area is 763 Å². The molecule has 0 spiro atoms. The van der Waals surface area contributed by atoms with E-state index in [0.29, 0.717) is 193 Å². The van der Waals surface area contributed by atoms with Crippen molar-refractivity contribution in [2.24, 2.45) is 5.92 Å². The number of halogens is 5. The second kappa shape index (κ2) is 44.1. The van der Waals surface area contributed by atoms with E-state index in [1.807, 2.05) is 20.1 Å². The van der Waals surface area contributed by atoms with Gasteiger partial charge in [-0.3, -0.25) is 49.5 Å². The largest absolute Gasteiger partial charge is 0.494 e. The van der Waals surface area contributed by atoms with Gasteiger partial charge in [0.05, 0.1) is 73.2 Å². The monoisotopic (exact) mass is 1830 g/mol. The van der Waals surface area contributed by atoms with Crippen LogP contribution in [0.4, 0.5) is 22.0 Å². The third-order valence-electron chi connectivity index (χ3n) is 22.0. The van der Waals surface area contributed by atoms with Crippen LogP contribution in [0.1, 0.15) is 97.1 Å². The second-order valence-electron chi connectivity index (χ2n) is 31.1. The lowest BCUT2D eigenvalue weighted by molar-refractivity contribution is 0.0854. The fourth-order valence-corrected chi connectivity index (χ4v) is 15.4. The van der Waals surface area contributed by atoms with Crippen molar-refractivity contribution in [3.05, 3.63) is 263 Å². The van der Waals surface area contributed by atoms with Crippen molar-refractivity contribution in [1.29, 1.82) is 0 Å². The average Bonchev–Trinajstić information content (AvgIpc) is 1.66. The molecule has 2 aliphatic heterocycles. The van der Waals surface area contributed by atoms with Crippen LogP contribution in [-0.4, -0.2) is 191 Å². The number of aromatic amines is 5. The standard InChI is InChI=1S/2C20H20FN3O3.C20H16FN3O3.C20H22FN3O3.C18H18FN3O2S/c3*1-26-17-10-13(20(25)22-11-15-6-3-7-27-15)9-16-18(23-24-19(16)17)12-4-2-5-14(21)8-12;1-11(2)16(10-25)22-20(26)13-8-15-18(12-5-4-6-14(21)7-12)23-24-19(15)17(9-13)27-3;1-24-15-10-12(18(23)20-6-7-25-2)9-14-16(21-22-17(14)15)11-4-3-5-13(19)8-11/h2*2,4-5,8-10,15H,3,6-7,11H2,1H3,(H,22,25)(H,23,24);2-10H,11H2,1H3,(H,22,25)(H,23,24);4-9,11,16,25H,10H2,1-3H3,(H,22,26)(H,23,24);3-5,8-10H,6-7H2,1-2H3,(H,20,23)(H,21,22)/t2*15-;;16-;/m10.1./s1. The zero-order chi connectivity index (χ0) is 93.8. The summed E-state index contributed by atoms with van der Waals surface area (Å²) in [6.45, 7) is 6.98. The van der Waals surface area contributed by atoms with Crippen molar-refractivity contribution in [3.8, 4) is 85.0 Å². The van der Waals surface area contributed by atoms with E-state index in [0.717, 1.165) is 44.6 Å². The zero-order valence-corrected chi connectivity index (χ0v) is 74.5. The van der Waals surface area contributed by atoms with Crippen molar-refractivity contribution in [3.63, 3.8) is 0 Å². The molecule has 0 radical (unpaired) electrons. The molecule has 8 heterocycles. The minimum absolute atomic E-state index is 0.0661. The quantitative estimate of drug-likeness (QED) is 0.0168. The Kier molecular flexibility index (Phi) is 31.2. The van der Waals surface area contributed by atoms with Crippen molar-refractivity contribution >= 4 is 95.8 Å². The van der Waals surface area contributed by atoms with Gasteiger partial charge in [-0.1, -0.05) is 74.5 Å². The number of fused-ring (bicyclic) bond motifs is 5. The van der Waals surface area contributed by atoms with Gasteiger partial charge >= 0.3 is 0 Å². The first-order chi connectivity index (χ1) is 64.5. The van der Waals surface area contributed by atoms with Crippen LogP contribution in [0, 0.1) is 35.0 Å². The number of hydrogen-bond donors (Lipinski definition) is 11. The van der Waals surface area contributed by atoms with Crippen LogP contribution in [0.15, 0.2) is 205 Å². The number of nitrogens with one attached hydrogen (secondary N) is 10. The fraction of sp³-hybridized carbons (Fsp3) is 0.245. The number of carbonyl (C=O) groups excluding carboxylic acids is 5. The number of aliphatic hydroxyl groups is 1. The molecule has 688 valence electrons. The molecule has 5 amide bonds. The number of ether oxygens (including phenoxy) is 7. The SMILES string of the molecule is COc1cc(C(=O)NCCSC)cc2c(-c3cccc(F)c3)n[nH]c12.COc1cc(C(=O)NC[C@@H]2CCCO2)cc2c(-c3cccc(F)c3)n[nH]c12.COc1cc(C(=O)NC[C@H]2CCCO2)cc2c(-c3cccc(F)c3)n[nH]c12.COc1cc(C(=O)NCc2ccco2)cc2c(-c3cccc(F)c3)n[nH]c12.COc1cc(C(=O)N[C@H](CO)C(C)C)cc2c(-c3cccc(F)c3)n[nH]c12. The first kappa shape index (κ1) is 94.2. The molecule has 133 heavy (non-hydrogen) atoms. The maximum absolute atomic E-state index is 13.6. The lowest BCUT2D eigenvalue weighted by atomic mass is 10.0. The molecule has 2 saturated heterocycles. The maximum Gasteiger partial charge on any atom is 0.251 e. The second-order valence-corrected chi connectivity index (χ2v) is 32.1. The van der Waals surface area contributed by atoms with Crippen LogP contribution in [-0.2, 0) is 16.0 Å². The van der Waals surface area contributed by atoms with Gasteiger partial charge in [-0.25, -0.2) is 22.0 Å². The number of carbonyl (C=O) groups is 5. The first-order valence-corrected chi connectivity index (χ1v) is 43.8. The molecule has 0 unspecified atom stereocenters. The number of methoxy groups -OCH3 is 5. The zero-order valence-electron chi connectivity index (χ0n) is 73.6. The topological polar surface area (TPSA) is 387 Å². The highest BCUT2D eigenvalue weighted by Gasteiger charge is 2.27. The molecule has 35 heteroatoms. The van der Waals surface area contributed by atoms with E-state index in [1.165, 1.54) is 96.2 Å². The van der Waals surface area contributed by atoms with Gasteiger partial charge < -0.3 is 69.3 Å². The molecule has 2 aliphatic rings. The molecule has 10 aromatic carbocycles. The van der Waals surface area contributed by atoms with Crippen LogP contribution >= 0.6 is 11.8 Å². The third kappa shape index (κ3) is 22.7. The Bertz CT molecular complexity index is 6650. The Morgan fingerprint density at radius 3 is 0.970 bits per heavy atom. The average molecular weight is 1830 g/mol. The van der Waals surface area contributed by atoms with Crippen molar-refractivity contribution < 1.29 is 88.6 Å². The number of H-pyrrole nitrogens is 5. The summed E-state index contributed by atoms with van der Waals surface area (Å²) in [7, 11) is 7.62. The van der Waals surface area contributed by atoms with Crippen molar-refractivity contribution in [2.45, 2.75) is 64.3 Å². The molecule has 16 aromatic rings. The Balaban J connectivity index is 0.000000134. The van der Waals surface area contributed by atoms with Gasteiger partial charge in [-0.15, -0.1) is 0 Å². The Morgan fingerprint density at radius 1 is 0.414 bits per heavy atom. The highest BCUT2D eigenvalue weighted by molar-refractivity contribution is 7.98. The smallest absolute Gasteiger partial charge is 0.251 e. The summed E-state index contributed by atoms with van der Waals surface area (Å²) >= 11 is 1.66. The molecule has 18 rings (SSSR count). The van der Waals surface area contributed by atoms with E-state index >= 15 is 0 Å². The van der Waals surface area contributed by atoms with E-state index < -0.39 is 0 Å². The summed E-state index contributed by atoms with van der Waals surface area (Å²) in [5.74, 6) is 1.07. The number of amides is 5. The molecule has 6 aromatic heterocycles. The highest BCUT2D eigenvalue weighted by atomic mass is 32.2. The third-order valence-corrected chi connectivity index (χ3v) is 22.6. The minimum Gasteiger partial charge on any atom is -0.494 e. The Morgan fingerprint density at radius 2 is 0.714 bits per heavy atom. The normalized spacial score (nSPS) is 13.5. The summed E-state index contributed by atoms with van der Waals surface area (Å²) in [6.07, 6.45) is 7.61. The summed E-state index contributed by atoms with van der Waals surface area (Å²) in [5, 5.41) is 63.2. The number of aliphatic hydroxyl groups excluding tert-OH is 1. The number of hydrogen-bond acceptors (Lipinski definition) is 20. The van der Waals surface area contributed by atoms with Crippen LogP contribution < -0.4 is 50.3 Å². The maximum atomic E-state index is 13.6. The van der Waals surface area contributed by atoms with Gasteiger partial charge in [0, 0.05) is 121 Å². The van der Waals surface area contributed by atoms with Crippen LogP contribution in [0.2, 0.25) is 0 Å². The van der Waals surface area contributed by atoms with Crippen LogP contribution in [0.25, 0.3) is 111 Å². The predicted octanol–water partition coefficient (Wildman–Crippen LogP) is 17.1. The molecule has 0 aliphatic carbocycles. The molecule has 29 nitrogen and oxygen atoms in total. The molecule has 2 fully saturated rings. The number of rotatable bonds is 27. The molecule has 3 atom stereocenters. The van der Waals surface area contributed by atoms with Gasteiger partial charge in [0.15, 0.2) is 0 Å². The van der Waals surface area contributed by atoms with E-state index in [4.69, 9.17) is 37.6 Å². The highest BCUT2D eigenvalue weighted by Crippen LogP contribution is 2.40. The van der Waals surface area contributed by atoms with Gasteiger partial charge in [-0.05, 0) is 171 Å². The van der Waals surface area contributed by atoms with Gasteiger partial charge in [0.1, 0.15) is 120 Å². The van der Waals surface area contributed by atoms with Crippen LogP contribution in [0.3, 0.4) is 0 Å². The molecular formula is C98H96F5N15O14S. The summed E-state index contributed by atoms with van der Waals surface area (Å²) in [6, 6.07) is 50.8. The number of furan rings is 1. The van der Waals surface area contributed by atoms with Gasteiger partial charge in [-0.2, -0.15) is 37.3 Å². The van der Waals surface area contributed by atoms with Crippen molar-refractivity contribution in [2.75, 3.05) is 87.0 Å². The molecule has 0 bridgehead atoms. The van der Waals surface area contributed by atoms with Crippen LogP contribution in [0.5, 0.6) is 28.7 Å². The number of aromatic nitrogens is 10. The van der Waals surface area contributed by atoms with E-state index in [9.17, 15) is 51.0 Å². The minimum atomic E-state index is -0.368. The predicted molar refractivity (Wildman–Crippen MR) is 497 cm³/mol. The van der Waals surface area contributed by atoms with E-state index in [-0.39, 0.29) is 95.9 Å². The van der Waals surface area contributed by atoms with Gasteiger partial charge in [0.25, 0.3) is 29.5 Å². The lowest BCUT2D eigenvalue weighted by Crippen LogP contribution is -2.41. The lowest BCUT2D eigenvalue weighted by Gasteiger charge is -2.20. The fourth-order valence-electron chi connectivity index (χ4n) is 15.1. The molecule has 0 saturated carbocycles. The molecular weight excluding hydrogens is 1740 g/mol. The van der Waals surface area contributed by atoms with E-state index in [1.54, 1.807) is 151 Å². The number of thioether (sulfide) groups is 1. The Hall–Kier alpha value is -14.9. The summed E-state index contributed by atoms with van der Waals surface area (Å²) < 4.78 is 111. The summed E-state index contributed by atoms with van der Waals surface area (Å²) in [5.41, 5.74) is 11.3. The first-order valence-electron chi connectivity index (χ1n) is 42.4. The van der Waals surface area contributed by atoms with Gasteiger partial charge in [0.2, 0.25) is 0 Å². The number of nitrogens with zero attached hydrogens (tertiary/aromatic N) is 5. The van der Waals surface area contributed by atoms with E-state index in [2.05, 4.69) is 77.6 Å². The number of benzene rings is 10. The summed E-state index contributed by atoms with van der Waals surface area (Å²) in [4.78, 5) is 62.9. The van der Waals surface area contributed by atoms with Crippen molar-refractivity contribution in [1.82, 2.24) is 77.6 Å². The molecule has 11 N–H and O–H groups in total.